The second kappa shape index (κ2) is 10.9. The van der Waals surface area contributed by atoms with Crippen LogP contribution in [0.3, 0.4) is 0 Å². The van der Waals surface area contributed by atoms with Crippen molar-refractivity contribution in [3.05, 3.63) is 64.9 Å². The van der Waals surface area contributed by atoms with Crippen molar-refractivity contribution in [1.82, 2.24) is 15.2 Å². The Hall–Kier alpha value is -3.09. The summed E-state index contributed by atoms with van der Waals surface area (Å²) >= 11 is 3.22. The number of nitrogens with zero attached hydrogens (tertiary/aromatic N) is 2. The lowest BCUT2D eigenvalue weighted by molar-refractivity contribution is -0.226. The van der Waals surface area contributed by atoms with E-state index in [1.54, 1.807) is 6.07 Å². The molecule has 1 aromatic carbocycles. The van der Waals surface area contributed by atoms with Gasteiger partial charge in [0, 0.05) is 41.2 Å². The fourth-order valence-electron chi connectivity index (χ4n) is 3.78. The number of nitrogens with one attached hydrogen (secondary N) is 2. The van der Waals surface area contributed by atoms with Crippen molar-refractivity contribution < 1.29 is 35.9 Å². The number of alkyl halides is 6. The first-order valence-electron chi connectivity index (χ1n) is 10.6. The van der Waals surface area contributed by atoms with Gasteiger partial charge in [0.15, 0.2) is 0 Å². The van der Waals surface area contributed by atoms with Gasteiger partial charge in [-0.1, -0.05) is 22.5 Å². The zero-order valence-corrected chi connectivity index (χ0v) is 20.2. The van der Waals surface area contributed by atoms with Crippen LogP contribution in [-0.4, -0.2) is 53.7 Å². The summed E-state index contributed by atoms with van der Waals surface area (Å²) in [6.07, 6.45) is -7.91. The molecule has 2 heterocycles. The van der Waals surface area contributed by atoms with Gasteiger partial charge in [-0.2, -0.15) is 26.3 Å². The van der Waals surface area contributed by atoms with Crippen LogP contribution in [0.5, 0.6) is 0 Å². The van der Waals surface area contributed by atoms with E-state index in [2.05, 4.69) is 38.1 Å². The fraction of sp³-hybridized carbons (Fsp3) is 0.348. The number of rotatable bonds is 6. The summed E-state index contributed by atoms with van der Waals surface area (Å²) in [5.74, 6) is -5.60. The van der Waals surface area contributed by atoms with Crippen LogP contribution in [0.25, 0.3) is 5.70 Å². The molecule has 1 aliphatic rings. The Balaban J connectivity index is 1.77. The highest BCUT2D eigenvalue weighted by atomic mass is 79.9. The molecular weight excluding hydrogens is 558 g/mol. The number of aromatic nitrogens is 1. The molecule has 0 aliphatic carbocycles. The zero-order chi connectivity index (χ0) is 26.7. The highest BCUT2D eigenvalue weighted by Gasteiger charge is 2.51. The summed E-state index contributed by atoms with van der Waals surface area (Å²) in [7, 11) is 0. The highest BCUT2D eigenvalue weighted by molar-refractivity contribution is 9.10. The van der Waals surface area contributed by atoms with Gasteiger partial charge in [-0.25, -0.2) is 0 Å². The summed E-state index contributed by atoms with van der Waals surface area (Å²) in [5.41, 5.74) is 0.377. The van der Waals surface area contributed by atoms with Crippen molar-refractivity contribution in [3.63, 3.8) is 0 Å². The molecule has 36 heavy (non-hydrogen) atoms. The number of likely N-dealkylation sites (tertiary alicyclic amines) is 1. The molecule has 2 unspecified atom stereocenters. The first-order valence-corrected chi connectivity index (χ1v) is 11.4. The summed E-state index contributed by atoms with van der Waals surface area (Å²) in [6, 6.07) is 7.44. The minimum absolute atomic E-state index is 0.103. The van der Waals surface area contributed by atoms with Gasteiger partial charge in [-0.05, 0) is 36.8 Å². The van der Waals surface area contributed by atoms with Gasteiger partial charge in [0.1, 0.15) is 0 Å². The molecule has 194 valence electrons. The van der Waals surface area contributed by atoms with Crippen molar-refractivity contribution in [2.45, 2.75) is 18.8 Å². The predicted molar refractivity (Wildman–Crippen MR) is 124 cm³/mol. The third-order valence-corrected chi connectivity index (χ3v) is 6.15. The quantitative estimate of drug-likeness (QED) is 0.459. The van der Waals surface area contributed by atoms with E-state index in [0.29, 0.717) is 4.47 Å². The molecular formula is C23H21BrF6N4O2. The summed E-state index contributed by atoms with van der Waals surface area (Å²) in [5, 5.41) is 4.93. The molecule has 1 aliphatic heterocycles. The summed E-state index contributed by atoms with van der Waals surface area (Å²) < 4.78 is 80.9. The Labute approximate surface area is 210 Å². The third-order valence-electron chi connectivity index (χ3n) is 5.66. The van der Waals surface area contributed by atoms with Crippen LogP contribution in [0.4, 0.5) is 32.0 Å². The average Bonchev–Trinajstić information content (AvgIpc) is 2.82. The molecule has 0 bridgehead atoms. The number of pyridine rings is 1. The van der Waals surface area contributed by atoms with Crippen molar-refractivity contribution in [1.29, 1.82) is 0 Å². The molecule has 13 heteroatoms. The zero-order valence-electron chi connectivity index (χ0n) is 18.6. The maximum atomic E-state index is 13.4. The number of halogens is 7. The lowest BCUT2D eigenvalue weighted by atomic mass is 9.87. The normalized spacial score (nSPS) is 18.5. The van der Waals surface area contributed by atoms with Crippen LogP contribution in [0.1, 0.15) is 22.3 Å². The van der Waals surface area contributed by atoms with Crippen molar-refractivity contribution >= 4 is 39.1 Å². The topological polar surface area (TPSA) is 74.3 Å². The lowest BCUT2D eigenvalue weighted by Gasteiger charge is -2.41. The van der Waals surface area contributed by atoms with Crippen LogP contribution in [0, 0.1) is 11.8 Å². The molecule has 2 atom stereocenters. The second-order valence-corrected chi connectivity index (χ2v) is 9.14. The number of amides is 2. The maximum absolute atomic E-state index is 13.4. The molecule has 2 aromatic rings. The van der Waals surface area contributed by atoms with E-state index in [0.717, 1.165) is 4.90 Å². The van der Waals surface area contributed by atoms with E-state index in [1.807, 2.05) is 0 Å². The number of piperidine rings is 1. The van der Waals surface area contributed by atoms with E-state index in [-0.39, 0.29) is 22.5 Å². The predicted octanol–water partition coefficient (Wildman–Crippen LogP) is 5.25. The van der Waals surface area contributed by atoms with Gasteiger partial charge in [-0.3, -0.25) is 14.6 Å². The Bertz CT molecular complexity index is 1100. The van der Waals surface area contributed by atoms with E-state index in [9.17, 15) is 35.9 Å². The number of carbonyl (C=O) groups is 2. The van der Waals surface area contributed by atoms with Crippen LogP contribution in [-0.2, 0) is 4.79 Å². The van der Waals surface area contributed by atoms with Crippen LogP contribution in [0.2, 0.25) is 0 Å². The lowest BCUT2D eigenvalue weighted by Crippen LogP contribution is -2.48. The van der Waals surface area contributed by atoms with Gasteiger partial charge < -0.3 is 15.5 Å². The first kappa shape index (κ1) is 27.5. The molecule has 1 saturated heterocycles. The molecule has 6 nitrogen and oxygen atoms in total. The largest absolute Gasteiger partial charge is 0.393 e. The fourth-order valence-corrected chi connectivity index (χ4v) is 4.14. The highest BCUT2D eigenvalue weighted by Crippen LogP contribution is 2.43. The molecule has 0 saturated carbocycles. The van der Waals surface area contributed by atoms with Gasteiger partial charge in [-0.15, -0.1) is 0 Å². The first-order chi connectivity index (χ1) is 16.8. The van der Waals surface area contributed by atoms with Crippen LogP contribution >= 0.6 is 15.9 Å². The number of carbonyl (C=O) groups excluding carboxylic acids is 2. The number of hydrogen-bond acceptors (Lipinski definition) is 4. The van der Waals surface area contributed by atoms with E-state index < -0.39 is 62.1 Å². The van der Waals surface area contributed by atoms with Crippen LogP contribution < -0.4 is 10.6 Å². The Morgan fingerprint density at radius 2 is 1.72 bits per heavy atom. The van der Waals surface area contributed by atoms with Crippen molar-refractivity contribution in [2.75, 3.05) is 25.0 Å². The molecule has 0 spiro atoms. The number of anilines is 1. The van der Waals surface area contributed by atoms with Crippen LogP contribution in [0.15, 0.2) is 53.8 Å². The van der Waals surface area contributed by atoms with E-state index in [4.69, 9.17) is 0 Å². The summed E-state index contributed by atoms with van der Waals surface area (Å²) in [4.78, 5) is 29.3. The van der Waals surface area contributed by atoms with E-state index in [1.165, 1.54) is 36.7 Å². The molecule has 3 rings (SSSR count). The molecule has 1 fully saturated rings. The monoisotopic (exact) mass is 578 g/mol. The van der Waals surface area contributed by atoms with Crippen molar-refractivity contribution in [2.24, 2.45) is 11.8 Å². The van der Waals surface area contributed by atoms with Gasteiger partial charge in [0.05, 0.1) is 29.6 Å². The standard InChI is InChI=1S/C23H21BrF6N4O2/c1-13(34-11-15(22(25,26)27)7-16(12-34)23(28,29)30)18-8-17(24)4-5-19(18)33-20(35)10-32-21(36)14-3-2-6-31-9-14/h2-6,8-9,15-16H,1,7,10-12H2,(H,32,36)(H,33,35). The van der Waals surface area contributed by atoms with Gasteiger partial charge in [0.25, 0.3) is 5.91 Å². The van der Waals surface area contributed by atoms with Gasteiger partial charge >= 0.3 is 12.4 Å². The Kier molecular flexibility index (Phi) is 8.32. The smallest absolute Gasteiger partial charge is 0.370 e. The Morgan fingerprint density at radius 1 is 1.08 bits per heavy atom. The summed E-state index contributed by atoms with van der Waals surface area (Å²) in [6.45, 7) is 1.91. The maximum Gasteiger partial charge on any atom is 0.393 e. The second-order valence-electron chi connectivity index (χ2n) is 8.23. The number of benzene rings is 1. The number of hydrogen-bond donors (Lipinski definition) is 2. The molecule has 2 N–H and O–H groups in total. The molecule has 2 amide bonds. The van der Waals surface area contributed by atoms with Crippen molar-refractivity contribution in [3.8, 4) is 0 Å². The molecule has 0 radical (unpaired) electrons. The minimum atomic E-state index is -4.82. The molecule has 1 aromatic heterocycles. The SMILES string of the molecule is C=C(c1cc(Br)ccc1NC(=O)CNC(=O)c1cccnc1)N1CC(C(F)(F)F)CC(C(F)(F)F)C1. The minimum Gasteiger partial charge on any atom is -0.370 e. The van der Waals surface area contributed by atoms with Gasteiger partial charge in [0.2, 0.25) is 5.91 Å². The Morgan fingerprint density at radius 3 is 2.28 bits per heavy atom. The van der Waals surface area contributed by atoms with E-state index >= 15 is 0 Å². The average molecular weight is 579 g/mol. The third kappa shape index (κ3) is 6.99.